The monoisotopic (exact) mass is 787 g/mol. The highest BCUT2D eigenvalue weighted by Crippen LogP contribution is 2.40. The van der Waals surface area contributed by atoms with Gasteiger partial charge in [-0.2, -0.15) is 0 Å². The molecule has 50 heavy (non-hydrogen) atoms. The standard InChI is InChI=1S/C42H50IN3O4/c1-28(13-19-37-30(3)12-9-21-42(37,5)6)10-8-11-29(2)24-39(47)44-22-23-45-40(48)26-35-31(4)46(38-20-18-34(50-7)25-36(35)38)41(49)33-16-14-32(27-43)15-17-33/h8,10-11,13-20,24-25H,9,12,21-23,26-27H2,1-7H3,(H,44,47)(H,45,48)/b11-8+,19-13+,28-10+,29-24+. The molecule has 0 saturated carbocycles. The Hall–Kier alpha value is -4.18. The van der Waals surface area contributed by atoms with Crippen LogP contribution in [0.5, 0.6) is 5.75 Å². The molecule has 4 rings (SSSR count). The van der Waals surface area contributed by atoms with Crippen LogP contribution in [0.3, 0.4) is 0 Å². The Balaban J connectivity index is 1.32. The van der Waals surface area contributed by atoms with Gasteiger partial charge in [-0.15, -0.1) is 0 Å². The molecule has 0 aliphatic heterocycles. The number of amides is 2. The third kappa shape index (κ3) is 9.96. The van der Waals surface area contributed by atoms with Crippen molar-refractivity contribution in [3.05, 3.63) is 124 Å². The number of carbonyl (C=O) groups is 3. The number of halogens is 1. The first-order chi connectivity index (χ1) is 23.8. The summed E-state index contributed by atoms with van der Waals surface area (Å²) in [5.41, 5.74) is 8.99. The molecule has 2 amide bonds. The van der Waals surface area contributed by atoms with E-state index in [9.17, 15) is 14.4 Å². The minimum atomic E-state index is -0.222. The molecule has 0 unspecified atom stereocenters. The first-order valence-electron chi connectivity index (χ1n) is 17.2. The van der Waals surface area contributed by atoms with Crippen molar-refractivity contribution in [2.24, 2.45) is 5.41 Å². The number of fused-ring (bicyclic) bond motifs is 1. The van der Waals surface area contributed by atoms with Crippen molar-refractivity contribution >= 4 is 51.2 Å². The van der Waals surface area contributed by atoms with E-state index in [2.05, 4.69) is 73.1 Å². The van der Waals surface area contributed by atoms with Gasteiger partial charge in [0.05, 0.1) is 19.0 Å². The fourth-order valence-corrected chi connectivity index (χ4v) is 7.00. The zero-order valence-electron chi connectivity index (χ0n) is 30.4. The first-order valence-corrected chi connectivity index (χ1v) is 18.7. The van der Waals surface area contributed by atoms with Gasteiger partial charge in [-0.1, -0.05) is 90.1 Å². The molecule has 0 radical (unpaired) electrons. The summed E-state index contributed by atoms with van der Waals surface area (Å²) in [5, 5.41) is 6.53. The number of hydrogen-bond acceptors (Lipinski definition) is 4. The van der Waals surface area contributed by atoms with Gasteiger partial charge in [-0.3, -0.25) is 19.0 Å². The second kappa shape index (κ2) is 17.7. The zero-order valence-corrected chi connectivity index (χ0v) is 32.6. The molecule has 1 aromatic heterocycles. The number of aromatic nitrogens is 1. The van der Waals surface area contributed by atoms with E-state index < -0.39 is 0 Å². The predicted octanol–water partition coefficient (Wildman–Crippen LogP) is 8.89. The Labute approximate surface area is 310 Å². The third-order valence-corrected chi connectivity index (χ3v) is 10.2. The van der Waals surface area contributed by atoms with Crippen LogP contribution in [-0.4, -0.2) is 42.5 Å². The maximum atomic E-state index is 13.7. The molecule has 2 N–H and O–H groups in total. The SMILES string of the molecule is COc1ccc2c(c1)c(CC(=O)NCCNC(=O)/C=C(C)/C=C/C=C(C)/C=C/C1=C(C)CCCC1(C)C)c(C)n2C(=O)c1ccc(CI)cc1. The smallest absolute Gasteiger partial charge is 0.262 e. The fourth-order valence-electron chi connectivity index (χ4n) is 6.49. The van der Waals surface area contributed by atoms with Gasteiger partial charge in [0, 0.05) is 40.2 Å². The Morgan fingerprint density at radius 1 is 0.980 bits per heavy atom. The lowest BCUT2D eigenvalue weighted by molar-refractivity contribution is -0.121. The number of allylic oxidation sites excluding steroid dienone is 9. The molecule has 8 heteroatoms. The number of benzene rings is 2. The van der Waals surface area contributed by atoms with Crippen molar-refractivity contribution in [1.82, 2.24) is 15.2 Å². The van der Waals surface area contributed by atoms with Gasteiger partial charge in [0.15, 0.2) is 0 Å². The summed E-state index contributed by atoms with van der Waals surface area (Å²) in [5.74, 6) is 0.0677. The fraction of sp³-hybridized carbons (Fsp3) is 0.357. The van der Waals surface area contributed by atoms with Crippen LogP contribution in [0.15, 0.2) is 101 Å². The van der Waals surface area contributed by atoms with E-state index in [1.54, 1.807) is 17.8 Å². The van der Waals surface area contributed by atoms with Crippen LogP contribution >= 0.6 is 22.6 Å². The molecule has 0 spiro atoms. The van der Waals surface area contributed by atoms with E-state index in [0.29, 0.717) is 17.0 Å². The normalized spacial score (nSPS) is 15.3. The predicted molar refractivity (Wildman–Crippen MR) is 213 cm³/mol. The second-order valence-corrected chi connectivity index (χ2v) is 14.4. The third-order valence-electron chi connectivity index (χ3n) is 9.32. The van der Waals surface area contributed by atoms with Gasteiger partial charge in [-0.05, 0) is 105 Å². The zero-order chi connectivity index (χ0) is 36.4. The van der Waals surface area contributed by atoms with E-state index in [0.717, 1.165) is 37.6 Å². The quantitative estimate of drug-likeness (QED) is 0.0596. The summed E-state index contributed by atoms with van der Waals surface area (Å²) in [7, 11) is 1.59. The molecule has 7 nitrogen and oxygen atoms in total. The van der Waals surface area contributed by atoms with Crippen molar-refractivity contribution in [3.63, 3.8) is 0 Å². The minimum absolute atomic E-state index is 0.0817. The maximum Gasteiger partial charge on any atom is 0.262 e. The van der Waals surface area contributed by atoms with Crippen LogP contribution in [0.4, 0.5) is 0 Å². The maximum absolute atomic E-state index is 13.7. The van der Waals surface area contributed by atoms with E-state index >= 15 is 0 Å². The van der Waals surface area contributed by atoms with Crippen molar-refractivity contribution in [2.45, 2.75) is 71.7 Å². The summed E-state index contributed by atoms with van der Waals surface area (Å²) >= 11 is 2.30. The number of hydrogen-bond donors (Lipinski definition) is 2. The van der Waals surface area contributed by atoms with Gasteiger partial charge in [0.25, 0.3) is 5.91 Å². The molecule has 0 atom stereocenters. The van der Waals surface area contributed by atoms with Crippen LogP contribution in [0.25, 0.3) is 10.9 Å². The molecule has 2 aromatic carbocycles. The summed E-state index contributed by atoms with van der Waals surface area (Å²) in [6, 6.07) is 13.1. The molecular weight excluding hydrogens is 737 g/mol. The average molecular weight is 788 g/mol. The molecule has 1 heterocycles. The highest BCUT2D eigenvalue weighted by molar-refractivity contribution is 14.1. The molecule has 1 aliphatic carbocycles. The summed E-state index contributed by atoms with van der Waals surface area (Å²) in [6.45, 7) is 13.3. The van der Waals surface area contributed by atoms with E-state index in [4.69, 9.17) is 4.74 Å². The first kappa shape index (κ1) is 38.6. The van der Waals surface area contributed by atoms with E-state index in [1.807, 2.05) is 74.5 Å². The Bertz CT molecular complexity index is 1890. The molecule has 0 saturated heterocycles. The van der Waals surface area contributed by atoms with Crippen LogP contribution < -0.4 is 15.4 Å². The number of carbonyl (C=O) groups excluding carboxylic acids is 3. The van der Waals surface area contributed by atoms with Crippen molar-refractivity contribution < 1.29 is 19.1 Å². The van der Waals surface area contributed by atoms with Gasteiger partial charge < -0.3 is 15.4 Å². The topological polar surface area (TPSA) is 89.4 Å². The minimum Gasteiger partial charge on any atom is -0.497 e. The molecule has 1 aliphatic rings. The second-order valence-electron chi connectivity index (χ2n) is 13.7. The van der Waals surface area contributed by atoms with Gasteiger partial charge >= 0.3 is 0 Å². The molecule has 0 bridgehead atoms. The van der Waals surface area contributed by atoms with Crippen LogP contribution in [0.1, 0.15) is 81.1 Å². The van der Waals surface area contributed by atoms with E-state index in [-0.39, 0.29) is 42.6 Å². The largest absolute Gasteiger partial charge is 0.497 e. The summed E-state index contributed by atoms with van der Waals surface area (Å²) < 4.78 is 7.99. The van der Waals surface area contributed by atoms with Crippen molar-refractivity contribution in [2.75, 3.05) is 20.2 Å². The number of methoxy groups -OCH3 is 1. The van der Waals surface area contributed by atoms with Crippen LogP contribution in [0, 0.1) is 12.3 Å². The lowest BCUT2D eigenvalue weighted by atomic mass is 9.72. The Kier molecular flexibility index (Phi) is 13.6. The molecule has 0 fully saturated rings. The Morgan fingerprint density at radius 3 is 2.38 bits per heavy atom. The summed E-state index contributed by atoms with van der Waals surface area (Å²) in [4.78, 5) is 39.2. The molecule has 3 aromatic rings. The number of nitrogens with one attached hydrogen (secondary N) is 2. The highest BCUT2D eigenvalue weighted by atomic mass is 127. The number of rotatable bonds is 13. The molecule has 264 valence electrons. The summed E-state index contributed by atoms with van der Waals surface area (Å²) in [6.07, 6.45) is 15.6. The van der Waals surface area contributed by atoms with Gasteiger partial charge in [0.1, 0.15) is 5.75 Å². The number of nitrogens with zero attached hydrogens (tertiary/aromatic N) is 1. The lowest BCUT2D eigenvalue weighted by Crippen LogP contribution is -2.34. The van der Waals surface area contributed by atoms with Crippen LogP contribution in [0.2, 0.25) is 0 Å². The van der Waals surface area contributed by atoms with Crippen molar-refractivity contribution in [1.29, 1.82) is 0 Å². The highest BCUT2D eigenvalue weighted by Gasteiger charge is 2.26. The Morgan fingerprint density at radius 2 is 1.70 bits per heavy atom. The number of ether oxygens (including phenoxy) is 1. The molecular formula is C42H50IN3O4. The lowest BCUT2D eigenvalue weighted by Gasteiger charge is -2.32. The average Bonchev–Trinajstić information content (AvgIpc) is 3.35. The number of alkyl halides is 1. The van der Waals surface area contributed by atoms with Crippen molar-refractivity contribution in [3.8, 4) is 5.75 Å². The van der Waals surface area contributed by atoms with Gasteiger partial charge in [-0.25, -0.2) is 0 Å². The van der Waals surface area contributed by atoms with Crippen LogP contribution in [-0.2, 0) is 20.4 Å². The van der Waals surface area contributed by atoms with Gasteiger partial charge in [0.2, 0.25) is 11.8 Å². The van der Waals surface area contributed by atoms with E-state index in [1.165, 1.54) is 30.4 Å².